The Hall–Kier alpha value is -3.56. The Bertz CT molecular complexity index is 1360. The number of anilines is 1. The fourth-order valence-electron chi connectivity index (χ4n) is 5.28. The molecule has 9 nitrogen and oxygen atoms in total. The molecule has 0 amide bonds. The molecule has 7 rings (SSSR count). The highest BCUT2D eigenvalue weighted by molar-refractivity contribution is 5.77. The van der Waals surface area contributed by atoms with Gasteiger partial charge in [-0.25, -0.2) is 19.9 Å². The van der Waals surface area contributed by atoms with Gasteiger partial charge < -0.3 is 19.5 Å². The number of ether oxygens (including phenoxy) is 3. The summed E-state index contributed by atoms with van der Waals surface area (Å²) in [6, 6.07) is 12.5. The van der Waals surface area contributed by atoms with Crippen molar-refractivity contribution in [1.82, 2.24) is 24.5 Å². The maximum atomic E-state index is 6.06. The molecule has 0 radical (unpaired) electrons. The zero-order chi connectivity index (χ0) is 22.5. The maximum Gasteiger partial charge on any atom is 0.222 e. The van der Waals surface area contributed by atoms with Crippen LogP contribution in [0.2, 0.25) is 0 Å². The topological polar surface area (TPSA) is 96.2 Å². The maximum absolute atomic E-state index is 6.06. The van der Waals surface area contributed by atoms with Crippen LogP contribution in [0.5, 0.6) is 5.75 Å². The second-order valence-corrected chi connectivity index (χ2v) is 9.02. The average Bonchev–Trinajstić information content (AvgIpc) is 3.53. The van der Waals surface area contributed by atoms with Crippen LogP contribution >= 0.6 is 0 Å². The SMILES string of the molecule is c1ccc2c(c1)OCCC21COCc2nc3ccc(-c4cnc(NC5CCOC5)nc4)nc3n21. The second-order valence-electron chi connectivity index (χ2n) is 9.02. The van der Waals surface area contributed by atoms with Crippen molar-refractivity contribution in [1.29, 1.82) is 0 Å². The number of fused-ring (bicyclic) bond motifs is 6. The summed E-state index contributed by atoms with van der Waals surface area (Å²) in [7, 11) is 0. The van der Waals surface area contributed by atoms with Gasteiger partial charge in [-0.2, -0.15) is 0 Å². The van der Waals surface area contributed by atoms with Crippen LogP contribution in [-0.2, 0) is 21.6 Å². The summed E-state index contributed by atoms with van der Waals surface area (Å²) in [5, 5.41) is 3.33. The first kappa shape index (κ1) is 19.9. The lowest BCUT2D eigenvalue weighted by Gasteiger charge is -2.43. The highest BCUT2D eigenvalue weighted by Crippen LogP contribution is 2.44. The van der Waals surface area contributed by atoms with E-state index in [1.807, 2.05) is 42.7 Å². The van der Waals surface area contributed by atoms with Crippen molar-refractivity contribution in [2.75, 3.05) is 31.7 Å². The van der Waals surface area contributed by atoms with Crippen molar-refractivity contribution in [2.45, 2.75) is 31.0 Å². The molecule has 1 saturated heterocycles. The predicted molar refractivity (Wildman–Crippen MR) is 125 cm³/mol. The summed E-state index contributed by atoms with van der Waals surface area (Å²) in [6.45, 7) is 3.11. The Kier molecular flexibility index (Phi) is 4.53. The molecule has 2 unspecified atom stereocenters. The second kappa shape index (κ2) is 7.75. The summed E-state index contributed by atoms with van der Waals surface area (Å²) >= 11 is 0. The zero-order valence-electron chi connectivity index (χ0n) is 18.6. The molecule has 1 fully saturated rings. The van der Waals surface area contributed by atoms with Crippen LogP contribution in [0.3, 0.4) is 0 Å². The number of hydrogen-bond donors (Lipinski definition) is 1. The molecule has 9 heteroatoms. The number of hydrogen-bond acceptors (Lipinski definition) is 8. The summed E-state index contributed by atoms with van der Waals surface area (Å²) in [4.78, 5) is 18.9. The molecule has 0 bridgehead atoms. The smallest absolute Gasteiger partial charge is 0.222 e. The van der Waals surface area contributed by atoms with Crippen LogP contribution in [-0.4, -0.2) is 57.0 Å². The molecule has 3 aliphatic rings. The average molecular weight is 457 g/mol. The number of imidazole rings is 1. The molecule has 6 heterocycles. The van der Waals surface area contributed by atoms with E-state index in [0.717, 1.165) is 59.0 Å². The number of para-hydroxylation sites is 1. The number of rotatable bonds is 3. The van der Waals surface area contributed by atoms with E-state index in [-0.39, 0.29) is 6.04 Å². The molecular formula is C25H24N6O3. The molecule has 1 N–H and O–H groups in total. The normalized spacial score (nSPS) is 23.5. The minimum atomic E-state index is -0.392. The fraction of sp³-hybridized carbons (Fsp3) is 0.360. The first-order valence-corrected chi connectivity index (χ1v) is 11.7. The Morgan fingerprint density at radius 2 is 1.91 bits per heavy atom. The molecule has 2 atom stereocenters. The number of aromatic nitrogens is 5. The van der Waals surface area contributed by atoms with E-state index < -0.39 is 5.54 Å². The standard InChI is InChI=1S/C25H24N6O3/c1-2-4-21-18(3-1)25(8-10-34-21)15-33-14-22-29-20-6-5-19(30-23(20)31(22)25)16-11-26-24(27-12-16)28-17-7-9-32-13-17/h1-6,11-12,17H,7-10,13-15H2,(H,26,27,28). The third-order valence-corrected chi connectivity index (χ3v) is 6.95. The minimum Gasteiger partial charge on any atom is -0.493 e. The van der Waals surface area contributed by atoms with Crippen LogP contribution in [0.25, 0.3) is 22.4 Å². The Morgan fingerprint density at radius 1 is 1.00 bits per heavy atom. The van der Waals surface area contributed by atoms with Crippen molar-refractivity contribution in [3.63, 3.8) is 0 Å². The lowest BCUT2D eigenvalue weighted by molar-refractivity contribution is 0.00399. The molecule has 0 saturated carbocycles. The Balaban J connectivity index is 1.30. The van der Waals surface area contributed by atoms with Crippen molar-refractivity contribution in [2.24, 2.45) is 0 Å². The first-order chi connectivity index (χ1) is 16.8. The van der Waals surface area contributed by atoms with Gasteiger partial charge in [-0.15, -0.1) is 0 Å². The molecule has 4 aromatic rings. The quantitative estimate of drug-likeness (QED) is 0.502. The third-order valence-electron chi connectivity index (χ3n) is 6.95. The van der Waals surface area contributed by atoms with E-state index in [4.69, 9.17) is 24.2 Å². The van der Waals surface area contributed by atoms with Crippen molar-refractivity contribution in [3.8, 4) is 17.0 Å². The van der Waals surface area contributed by atoms with Gasteiger partial charge in [-0.05, 0) is 24.6 Å². The predicted octanol–water partition coefficient (Wildman–Crippen LogP) is 3.15. The van der Waals surface area contributed by atoms with Gasteiger partial charge in [-0.3, -0.25) is 4.57 Å². The minimum absolute atomic E-state index is 0.263. The molecule has 1 aromatic carbocycles. The molecule has 34 heavy (non-hydrogen) atoms. The number of nitrogens with zero attached hydrogens (tertiary/aromatic N) is 5. The van der Waals surface area contributed by atoms with E-state index in [2.05, 4.69) is 25.9 Å². The van der Waals surface area contributed by atoms with Crippen LogP contribution in [0.15, 0.2) is 48.8 Å². The lowest BCUT2D eigenvalue weighted by Crippen LogP contribution is -2.47. The highest BCUT2D eigenvalue weighted by Gasteiger charge is 2.44. The van der Waals surface area contributed by atoms with E-state index in [1.165, 1.54) is 0 Å². The van der Waals surface area contributed by atoms with Gasteiger partial charge in [0.25, 0.3) is 0 Å². The molecular weight excluding hydrogens is 432 g/mol. The van der Waals surface area contributed by atoms with Crippen molar-refractivity contribution >= 4 is 17.1 Å². The number of nitrogens with one attached hydrogen (secondary N) is 1. The summed E-state index contributed by atoms with van der Waals surface area (Å²) in [5.74, 6) is 2.39. The van der Waals surface area contributed by atoms with Crippen LogP contribution in [0.4, 0.5) is 5.95 Å². The van der Waals surface area contributed by atoms with Crippen LogP contribution in [0, 0.1) is 0 Å². The Labute approximate surface area is 196 Å². The third kappa shape index (κ3) is 3.08. The summed E-state index contributed by atoms with van der Waals surface area (Å²) < 4.78 is 19.7. The Morgan fingerprint density at radius 3 is 2.79 bits per heavy atom. The highest BCUT2D eigenvalue weighted by atomic mass is 16.5. The van der Waals surface area contributed by atoms with E-state index >= 15 is 0 Å². The monoisotopic (exact) mass is 456 g/mol. The van der Waals surface area contributed by atoms with E-state index in [9.17, 15) is 0 Å². The van der Waals surface area contributed by atoms with Gasteiger partial charge >= 0.3 is 0 Å². The number of pyridine rings is 1. The summed E-state index contributed by atoms with van der Waals surface area (Å²) in [5.41, 5.74) is 4.09. The summed E-state index contributed by atoms with van der Waals surface area (Å²) in [6.07, 6.45) is 5.39. The molecule has 3 aromatic heterocycles. The fourth-order valence-corrected chi connectivity index (χ4v) is 5.28. The van der Waals surface area contributed by atoms with Crippen molar-refractivity contribution < 1.29 is 14.2 Å². The van der Waals surface area contributed by atoms with Gasteiger partial charge in [-0.1, -0.05) is 18.2 Å². The van der Waals surface area contributed by atoms with Crippen LogP contribution in [0.1, 0.15) is 24.2 Å². The molecule has 172 valence electrons. The lowest BCUT2D eigenvalue weighted by atomic mass is 9.84. The number of benzene rings is 1. The van der Waals surface area contributed by atoms with Crippen LogP contribution < -0.4 is 10.1 Å². The molecule has 0 aliphatic carbocycles. The largest absolute Gasteiger partial charge is 0.493 e. The van der Waals surface area contributed by atoms with E-state index in [0.29, 0.717) is 32.4 Å². The van der Waals surface area contributed by atoms with Gasteiger partial charge in [0.2, 0.25) is 5.95 Å². The molecule has 1 spiro atoms. The molecule has 3 aliphatic heterocycles. The van der Waals surface area contributed by atoms with Gasteiger partial charge in [0.1, 0.15) is 29.2 Å². The van der Waals surface area contributed by atoms with Crippen molar-refractivity contribution in [3.05, 3.63) is 60.2 Å². The van der Waals surface area contributed by atoms with E-state index in [1.54, 1.807) is 0 Å². The van der Waals surface area contributed by atoms with Gasteiger partial charge in [0.05, 0.1) is 31.6 Å². The van der Waals surface area contributed by atoms with Gasteiger partial charge in [0, 0.05) is 36.5 Å². The first-order valence-electron chi connectivity index (χ1n) is 11.7. The zero-order valence-corrected chi connectivity index (χ0v) is 18.6. The van der Waals surface area contributed by atoms with Gasteiger partial charge in [0.15, 0.2) is 5.65 Å².